The summed E-state index contributed by atoms with van der Waals surface area (Å²) in [6.07, 6.45) is 4.10. The molecule has 6 heteroatoms. The molecule has 0 aliphatic carbocycles. The van der Waals surface area contributed by atoms with Crippen LogP contribution < -0.4 is 4.74 Å². The first-order valence-electron chi connectivity index (χ1n) is 9.75. The van der Waals surface area contributed by atoms with Gasteiger partial charge in [0.2, 0.25) is 0 Å². The van der Waals surface area contributed by atoms with Gasteiger partial charge in [-0.25, -0.2) is 9.97 Å². The molecule has 2 aromatic heterocycles. The largest absolute Gasteiger partial charge is 0.494 e. The lowest BCUT2D eigenvalue weighted by Gasteiger charge is -2.27. The first kappa shape index (κ1) is 18.5. The summed E-state index contributed by atoms with van der Waals surface area (Å²) >= 11 is 0. The molecule has 0 saturated heterocycles. The lowest BCUT2D eigenvalue weighted by Crippen LogP contribution is -2.36. The Morgan fingerprint density at radius 3 is 2.68 bits per heavy atom. The minimum Gasteiger partial charge on any atom is -0.494 e. The van der Waals surface area contributed by atoms with Crippen LogP contribution in [0.15, 0.2) is 30.6 Å². The molecule has 1 aliphatic heterocycles. The van der Waals surface area contributed by atoms with Crippen LogP contribution in [-0.2, 0) is 18.4 Å². The lowest BCUT2D eigenvalue weighted by molar-refractivity contribution is 0.0734. The first-order valence-corrected chi connectivity index (χ1v) is 9.75. The average molecular weight is 378 g/mol. The molecule has 0 bridgehead atoms. The predicted octanol–water partition coefficient (Wildman–Crippen LogP) is 3.85. The van der Waals surface area contributed by atoms with Gasteiger partial charge in [-0.1, -0.05) is 20.8 Å². The Balaban J connectivity index is 1.60. The number of aromatic amines is 1. The van der Waals surface area contributed by atoms with E-state index in [0.29, 0.717) is 25.3 Å². The Morgan fingerprint density at radius 2 is 2.00 bits per heavy atom. The zero-order valence-electron chi connectivity index (χ0n) is 16.9. The molecule has 146 valence electrons. The molecule has 3 aromatic rings. The highest BCUT2D eigenvalue weighted by Gasteiger charge is 2.26. The van der Waals surface area contributed by atoms with Crippen molar-refractivity contribution in [1.82, 2.24) is 19.9 Å². The van der Waals surface area contributed by atoms with E-state index in [9.17, 15) is 4.79 Å². The molecule has 28 heavy (non-hydrogen) atoms. The molecular formula is C22H26N4O2. The zero-order valence-corrected chi connectivity index (χ0v) is 16.9. The van der Waals surface area contributed by atoms with Crippen molar-refractivity contribution in [2.45, 2.75) is 46.1 Å². The number of hydrogen-bond acceptors (Lipinski definition) is 4. The van der Waals surface area contributed by atoms with Crippen LogP contribution in [0, 0.1) is 0 Å². The Hall–Kier alpha value is -2.89. The van der Waals surface area contributed by atoms with Crippen LogP contribution in [0.5, 0.6) is 5.75 Å². The van der Waals surface area contributed by atoms with Crippen LogP contribution in [0.3, 0.4) is 0 Å². The van der Waals surface area contributed by atoms with E-state index in [2.05, 4.69) is 41.8 Å². The average Bonchev–Trinajstić information content (AvgIpc) is 3.04. The van der Waals surface area contributed by atoms with E-state index >= 15 is 0 Å². The number of benzene rings is 1. The van der Waals surface area contributed by atoms with Gasteiger partial charge in [0.05, 0.1) is 12.2 Å². The first-order chi connectivity index (χ1) is 13.4. The SMILES string of the molecule is CCOc1ccc2[nH]c3c(c2c1)CN(C(=O)c1cnc(C(C)(C)C)nc1)CC3. The molecule has 0 radical (unpaired) electrons. The second-order valence-corrected chi connectivity index (χ2v) is 8.24. The molecule has 0 spiro atoms. The summed E-state index contributed by atoms with van der Waals surface area (Å²) in [4.78, 5) is 27.2. The predicted molar refractivity (Wildman–Crippen MR) is 109 cm³/mol. The van der Waals surface area contributed by atoms with E-state index in [1.54, 1.807) is 12.4 Å². The number of carbonyl (C=O) groups is 1. The van der Waals surface area contributed by atoms with Crippen molar-refractivity contribution in [1.29, 1.82) is 0 Å². The Kier molecular flexibility index (Phi) is 4.57. The summed E-state index contributed by atoms with van der Waals surface area (Å²) < 4.78 is 5.65. The van der Waals surface area contributed by atoms with E-state index in [1.807, 2.05) is 24.0 Å². The van der Waals surface area contributed by atoms with Gasteiger partial charge in [-0.2, -0.15) is 0 Å². The normalized spacial score (nSPS) is 14.2. The van der Waals surface area contributed by atoms with E-state index in [4.69, 9.17) is 4.74 Å². The van der Waals surface area contributed by atoms with Gasteiger partial charge < -0.3 is 14.6 Å². The third-order valence-electron chi connectivity index (χ3n) is 5.11. The fraction of sp³-hybridized carbons (Fsp3) is 0.409. The topological polar surface area (TPSA) is 71.1 Å². The second kappa shape index (κ2) is 6.93. The highest BCUT2D eigenvalue weighted by atomic mass is 16.5. The molecule has 0 atom stereocenters. The minimum atomic E-state index is -0.135. The van der Waals surface area contributed by atoms with Crippen LogP contribution in [-0.4, -0.2) is 38.9 Å². The third-order valence-corrected chi connectivity index (χ3v) is 5.11. The molecule has 1 amide bonds. The number of nitrogens with one attached hydrogen (secondary N) is 1. The Bertz CT molecular complexity index is 1020. The molecule has 1 aromatic carbocycles. The summed E-state index contributed by atoms with van der Waals surface area (Å²) in [5.41, 5.74) is 3.85. The van der Waals surface area contributed by atoms with E-state index in [0.717, 1.165) is 28.9 Å². The zero-order chi connectivity index (χ0) is 19.9. The lowest BCUT2D eigenvalue weighted by atomic mass is 9.96. The van der Waals surface area contributed by atoms with Gasteiger partial charge in [-0.3, -0.25) is 4.79 Å². The van der Waals surface area contributed by atoms with Gasteiger partial charge in [-0.15, -0.1) is 0 Å². The summed E-state index contributed by atoms with van der Waals surface area (Å²) in [6, 6.07) is 6.08. The maximum Gasteiger partial charge on any atom is 0.257 e. The number of carbonyl (C=O) groups excluding carboxylic acids is 1. The molecule has 0 saturated carbocycles. The van der Waals surface area contributed by atoms with Crippen molar-refractivity contribution in [3.8, 4) is 5.75 Å². The molecule has 0 unspecified atom stereocenters. The van der Waals surface area contributed by atoms with Gasteiger partial charge in [0.15, 0.2) is 0 Å². The van der Waals surface area contributed by atoms with Gasteiger partial charge in [-0.05, 0) is 25.1 Å². The summed E-state index contributed by atoms with van der Waals surface area (Å²) in [5.74, 6) is 1.57. The summed E-state index contributed by atoms with van der Waals surface area (Å²) in [5, 5.41) is 1.12. The summed E-state index contributed by atoms with van der Waals surface area (Å²) in [6.45, 7) is 10.0. The van der Waals surface area contributed by atoms with Crippen molar-refractivity contribution < 1.29 is 9.53 Å². The van der Waals surface area contributed by atoms with Crippen molar-refractivity contribution in [2.24, 2.45) is 0 Å². The number of H-pyrrole nitrogens is 1. The quantitative estimate of drug-likeness (QED) is 0.751. The van der Waals surface area contributed by atoms with Crippen molar-refractivity contribution in [3.63, 3.8) is 0 Å². The van der Waals surface area contributed by atoms with Gasteiger partial charge in [0, 0.05) is 59.5 Å². The monoisotopic (exact) mass is 378 g/mol. The number of fused-ring (bicyclic) bond motifs is 3. The van der Waals surface area contributed by atoms with Crippen LogP contribution in [0.1, 0.15) is 55.1 Å². The number of nitrogens with zero attached hydrogens (tertiary/aromatic N) is 3. The standard InChI is InChI=1S/C22H26N4O2/c1-5-28-15-6-7-18-16(10-15)17-13-26(9-8-19(17)25-18)20(27)14-11-23-21(24-12-14)22(2,3)4/h6-7,10-12,25H,5,8-9,13H2,1-4H3. The Morgan fingerprint density at radius 1 is 1.25 bits per heavy atom. The van der Waals surface area contributed by atoms with E-state index < -0.39 is 0 Å². The fourth-order valence-electron chi connectivity index (χ4n) is 3.63. The van der Waals surface area contributed by atoms with Crippen LogP contribution in [0.2, 0.25) is 0 Å². The van der Waals surface area contributed by atoms with Gasteiger partial charge >= 0.3 is 0 Å². The number of amides is 1. The highest BCUT2D eigenvalue weighted by molar-refractivity contribution is 5.94. The highest BCUT2D eigenvalue weighted by Crippen LogP contribution is 2.31. The van der Waals surface area contributed by atoms with Gasteiger partial charge in [0.25, 0.3) is 5.91 Å². The van der Waals surface area contributed by atoms with Crippen molar-refractivity contribution >= 4 is 16.8 Å². The number of hydrogen-bond donors (Lipinski definition) is 1. The van der Waals surface area contributed by atoms with E-state index in [1.165, 1.54) is 11.3 Å². The van der Waals surface area contributed by atoms with E-state index in [-0.39, 0.29) is 11.3 Å². The van der Waals surface area contributed by atoms with Gasteiger partial charge in [0.1, 0.15) is 11.6 Å². The molecule has 1 aliphatic rings. The molecular weight excluding hydrogens is 352 g/mol. The molecule has 0 fully saturated rings. The van der Waals surface area contributed by atoms with Crippen molar-refractivity contribution in [2.75, 3.05) is 13.2 Å². The molecule has 6 nitrogen and oxygen atoms in total. The maximum atomic E-state index is 13.0. The molecule has 4 rings (SSSR count). The third kappa shape index (κ3) is 3.35. The number of ether oxygens (including phenoxy) is 1. The maximum absolute atomic E-state index is 13.0. The molecule has 3 heterocycles. The molecule has 1 N–H and O–H groups in total. The van der Waals surface area contributed by atoms with Crippen molar-refractivity contribution in [3.05, 3.63) is 53.2 Å². The second-order valence-electron chi connectivity index (χ2n) is 8.24. The van der Waals surface area contributed by atoms with Crippen LogP contribution in [0.25, 0.3) is 10.9 Å². The fourth-order valence-corrected chi connectivity index (χ4v) is 3.63. The summed E-state index contributed by atoms with van der Waals surface area (Å²) in [7, 11) is 0. The minimum absolute atomic E-state index is 0.0265. The number of aromatic nitrogens is 3. The smallest absolute Gasteiger partial charge is 0.257 e. The van der Waals surface area contributed by atoms with Crippen LogP contribution >= 0.6 is 0 Å². The number of rotatable bonds is 3. The van der Waals surface area contributed by atoms with Crippen LogP contribution in [0.4, 0.5) is 0 Å². The Labute approximate surface area is 164 Å².